The zero-order valence-corrected chi connectivity index (χ0v) is 12.3. The van der Waals surface area contributed by atoms with Gasteiger partial charge in [0.2, 0.25) is 0 Å². The molecule has 0 unspecified atom stereocenters. The number of carbonyl (C=O) groups excluding carboxylic acids is 1. The van der Waals surface area contributed by atoms with Gasteiger partial charge >= 0.3 is 0 Å². The van der Waals surface area contributed by atoms with Crippen LogP contribution in [-0.4, -0.2) is 19.0 Å². The summed E-state index contributed by atoms with van der Waals surface area (Å²) in [4.78, 5) is 12.3. The van der Waals surface area contributed by atoms with Gasteiger partial charge in [0.15, 0.2) is 0 Å². The van der Waals surface area contributed by atoms with Gasteiger partial charge in [-0.05, 0) is 61.3 Å². The molecule has 0 atom stereocenters. The van der Waals surface area contributed by atoms with Crippen LogP contribution in [0.4, 0.5) is 5.69 Å². The summed E-state index contributed by atoms with van der Waals surface area (Å²) in [5.74, 6) is 0.0840. The summed E-state index contributed by atoms with van der Waals surface area (Å²) < 4.78 is 0. The van der Waals surface area contributed by atoms with Gasteiger partial charge in [0, 0.05) is 24.3 Å². The van der Waals surface area contributed by atoms with E-state index in [0.29, 0.717) is 5.41 Å². The summed E-state index contributed by atoms with van der Waals surface area (Å²) in [6.07, 6.45) is 7.22. The highest BCUT2D eigenvalue weighted by atomic mass is 16.1. The van der Waals surface area contributed by atoms with Crippen LogP contribution in [0.1, 0.15) is 54.9 Å². The number of rotatable bonds is 5. The van der Waals surface area contributed by atoms with E-state index in [1.807, 2.05) is 12.1 Å². The lowest BCUT2D eigenvalue weighted by Crippen LogP contribution is -2.30. The number of anilines is 1. The largest absolute Gasteiger partial charge is 0.385 e. The fourth-order valence-corrected chi connectivity index (χ4v) is 3.21. The highest BCUT2D eigenvalue weighted by Crippen LogP contribution is 2.48. The molecule has 3 rings (SSSR count). The average molecular weight is 272 g/mol. The monoisotopic (exact) mass is 272 g/mol. The van der Waals surface area contributed by atoms with Gasteiger partial charge in [0.25, 0.3) is 5.91 Å². The number of amides is 1. The molecule has 0 aromatic heterocycles. The van der Waals surface area contributed by atoms with Crippen LogP contribution in [0.5, 0.6) is 0 Å². The summed E-state index contributed by atoms with van der Waals surface area (Å²) in [5.41, 5.74) is 3.69. The van der Waals surface area contributed by atoms with Crippen molar-refractivity contribution in [1.82, 2.24) is 5.32 Å². The molecule has 108 valence electrons. The Bertz CT molecular complexity index is 506. The van der Waals surface area contributed by atoms with Crippen LogP contribution >= 0.6 is 0 Å². The minimum Gasteiger partial charge on any atom is -0.385 e. The van der Waals surface area contributed by atoms with Crippen molar-refractivity contribution in [3.8, 4) is 0 Å². The van der Waals surface area contributed by atoms with Crippen LogP contribution in [-0.2, 0) is 6.42 Å². The van der Waals surface area contributed by atoms with Crippen LogP contribution in [0.15, 0.2) is 18.2 Å². The number of fused-ring (bicyclic) bond motifs is 1. The molecule has 1 aliphatic heterocycles. The SMILES string of the molecule is CCCC1(CNC(=O)c2ccc3c(c2)CCCN3)CC1. The van der Waals surface area contributed by atoms with Gasteiger partial charge in [-0.2, -0.15) is 0 Å². The molecule has 1 heterocycles. The highest BCUT2D eigenvalue weighted by Gasteiger charge is 2.41. The smallest absolute Gasteiger partial charge is 0.251 e. The number of nitrogens with one attached hydrogen (secondary N) is 2. The molecule has 1 aliphatic carbocycles. The van der Waals surface area contributed by atoms with E-state index in [1.54, 1.807) is 0 Å². The van der Waals surface area contributed by atoms with Crippen LogP contribution < -0.4 is 10.6 Å². The molecule has 0 bridgehead atoms. The summed E-state index contributed by atoms with van der Waals surface area (Å²) in [5, 5.41) is 6.51. The molecule has 0 radical (unpaired) electrons. The van der Waals surface area contributed by atoms with E-state index in [0.717, 1.165) is 31.5 Å². The number of aryl methyl sites for hydroxylation is 1. The zero-order chi connectivity index (χ0) is 14.0. The fraction of sp³-hybridized carbons (Fsp3) is 0.588. The summed E-state index contributed by atoms with van der Waals surface area (Å²) in [7, 11) is 0. The van der Waals surface area contributed by atoms with Crippen molar-refractivity contribution in [3.05, 3.63) is 29.3 Å². The van der Waals surface area contributed by atoms with Crippen LogP contribution in [0.3, 0.4) is 0 Å². The maximum atomic E-state index is 12.3. The molecule has 20 heavy (non-hydrogen) atoms. The Morgan fingerprint density at radius 2 is 2.25 bits per heavy atom. The van der Waals surface area contributed by atoms with Crippen molar-refractivity contribution in [2.75, 3.05) is 18.4 Å². The average Bonchev–Trinajstić information content (AvgIpc) is 3.25. The van der Waals surface area contributed by atoms with Crippen LogP contribution in [0.25, 0.3) is 0 Å². The maximum absolute atomic E-state index is 12.3. The van der Waals surface area contributed by atoms with Gasteiger partial charge in [-0.1, -0.05) is 13.3 Å². The lowest BCUT2D eigenvalue weighted by atomic mass is 9.99. The van der Waals surface area contributed by atoms with Crippen LogP contribution in [0.2, 0.25) is 0 Å². The lowest BCUT2D eigenvalue weighted by Gasteiger charge is -2.19. The molecule has 3 heteroatoms. The molecule has 3 nitrogen and oxygen atoms in total. The first kappa shape index (κ1) is 13.5. The molecule has 1 amide bonds. The van der Waals surface area contributed by atoms with E-state index in [2.05, 4.69) is 23.6 Å². The molecule has 1 aromatic carbocycles. The number of benzene rings is 1. The van der Waals surface area contributed by atoms with E-state index >= 15 is 0 Å². The fourth-order valence-electron chi connectivity index (χ4n) is 3.21. The maximum Gasteiger partial charge on any atom is 0.251 e. The molecule has 1 aromatic rings. The number of carbonyl (C=O) groups is 1. The van der Waals surface area contributed by atoms with Gasteiger partial charge in [-0.15, -0.1) is 0 Å². The van der Waals surface area contributed by atoms with Gasteiger partial charge in [0.1, 0.15) is 0 Å². The molecule has 1 fully saturated rings. The van der Waals surface area contributed by atoms with Gasteiger partial charge < -0.3 is 10.6 Å². The topological polar surface area (TPSA) is 41.1 Å². The van der Waals surface area contributed by atoms with Gasteiger partial charge in [-0.25, -0.2) is 0 Å². The highest BCUT2D eigenvalue weighted by molar-refractivity contribution is 5.95. The van der Waals surface area contributed by atoms with E-state index in [-0.39, 0.29) is 5.91 Å². The zero-order valence-electron chi connectivity index (χ0n) is 12.3. The summed E-state index contributed by atoms with van der Waals surface area (Å²) >= 11 is 0. The van der Waals surface area contributed by atoms with Crippen molar-refractivity contribution in [2.24, 2.45) is 5.41 Å². The molecule has 0 saturated heterocycles. The first-order chi connectivity index (χ1) is 9.72. The summed E-state index contributed by atoms with van der Waals surface area (Å²) in [6.45, 7) is 4.10. The van der Waals surface area contributed by atoms with Crippen molar-refractivity contribution >= 4 is 11.6 Å². The second-order valence-electron chi connectivity index (χ2n) is 6.33. The Kier molecular flexibility index (Phi) is 3.68. The molecule has 2 N–H and O–H groups in total. The van der Waals surface area contributed by atoms with E-state index in [9.17, 15) is 4.79 Å². The number of hydrogen-bond donors (Lipinski definition) is 2. The third-order valence-corrected chi connectivity index (χ3v) is 4.67. The third kappa shape index (κ3) is 2.82. The molecule has 1 saturated carbocycles. The molecular weight excluding hydrogens is 248 g/mol. The van der Waals surface area contributed by atoms with Crippen molar-refractivity contribution in [3.63, 3.8) is 0 Å². The van der Waals surface area contributed by atoms with Crippen molar-refractivity contribution in [1.29, 1.82) is 0 Å². The predicted octanol–water partition coefficient (Wildman–Crippen LogP) is 3.35. The van der Waals surface area contributed by atoms with Crippen molar-refractivity contribution in [2.45, 2.75) is 45.4 Å². The van der Waals surface area contributed by atoms with Crippen LogP contribution in [0, 0.1) is 5.41 Å². The summed E-state index contributed by atoms with van der Waals surface area (Å²) in [6, 6.07) is 6.03. The normalized spacial score (nSPS) is 18.9. The second kappa shape index (κ2) is 5.47. The van der Waals surface area contributed by atoms with Crippen molar-refractivity contribution < 1.29 is 4.79 Å². The molecular formula is C17H24N2O. The standard InChI is InChI=1S/C17H24N2O/c1-2-7-17(8-9-17)12-19-16(20)14-5-6-15-13(11-14)4-3-10-18-15/h5-6,11,18H,2-4,7-10,12H2,1H3,(H,19,20). The van der Waals surface area contributed by atoms with E-state index in [1.165, 1.54) is 36.9 Å². The first-order valence-electron chi connectivity index (χ1n) is 7.87. The van der Waals surface area contributed by atoms with Gasteiger partial charge in [0.05, 0.1) is 0 Å². The second-order valence-corrected chi connectivity index (χ2v) is 6.33. The molecule has 0 spiro atoms. The quantitative estimate of drug-likeness (QED) is 0.863. The minimum atomic E-state index is 0.0840. The molecule has 2 aliphatic rings. The number of hydrogen-bond acceptors (Lipinski definition) is 2. The Morgan fingerprint density at radius 1 is 1.40 bits per heavy atom. The first-order valence-corrected chi connectivity index (χ1v) is 7.87. The Balaban J connectivity index is 1.62. The van der Waals surface area contributed by atoms with E-state index < -0.39 is 0 Å². The predicted molar refractivity (Wildman–Crippen MR) is 82.2 cm³/mol. The Labute approximate surface area is 121 Å². The van der Waals surface area contributed by atoms with Gasteiger partial charge in [-0.3, -0.25) is 4.79 Å². The Morgan fingerprint density at radius 3 is 3.00 bits per heavy atom. The van der Waals surface area contributed by atoms with E-state index in [4.69, 9.17) is 0 Å². The lowest BCUT2D eigenvalue weighted by molar-refractivity contribution is 0.0943. The minimum absolute atomic E-state index is 0.0840. The Hall–Kier alpha value is -1.51. The third-order valence-electron chi connectivity index (χ3n) is 4.67.